The van der Waals surface area contributed by atoms with Gasteiger partial charge in [0.1, 0.15) is 0 Å². The van der Waals surface area contributed by atoms with Crippen LogP contribution in [0, 0.1) is 6.92 Å². The zero-order chi connectivity index (χ0) is 7.28. The van der Waals surface area contributed by atoms with Gasteiger partial charge < -0.3 is 4.90 Å². The van der Waals surface area contributed by atoms with E-state index >= 15 is 0 Å². The second kappa shape index (κ2) is 4.57. The Labute approximate surface area is 58.4 Å². The topological polar surface area (TPSA) is 3.24 Å². The third kappa shape index (κ3) is 3.31. The summed E-state index contributed by atoms with van der Waals surface area (Å²) < 4.78 is 0. The van der Waals surface area contributed by atoms with E-state index in [4.69, 9.17) is 0 Å². The molecule has 0 spiro atoms. The molecule has 0 saturated heterocycles. The van der Waals surface area contributed by atoms with Crippen molar-refractivity contribution in [1.29, 1.82) is 0 Å². The van der Waals surface area contributed by atoms with Crippen LogP contribution in [0.15, 0.2) is 12.7 Å². The molecule has 1 heteroatoms. The highest BCUT2D eigenvalue weighted by atomic mass is 15.1. The minimum absolute atomic E-state index is 0.572. The van der Waals surface area contributed by atoms with Gasteiger partial charge in [-0.3, -0.25) is 0 Å². The quantitative estimate of drug-likeness (QED) is 0.518. The van der Waals surface area contributed by atoms with Crippen LogP contribution in [0.2, 0.25) is 0 Å². The van der Waals surface area contributed by atoms with Crippen LogP contribution in [0.4, 0.5) is 0 Å². The molecular formula is C8H16N. The predicted octanol–water partition coefficient (Wildman–Crippen LogP) is 1.72. The summed E-state index contributed by atoms with van der Waals surface area (Å²) in [5.74, 6) is 0. The molecule has 0 N–H and O–H groups in total. The number of nitrogens with zero attached hydrogens (tertiary/aromatic N) is 1. The molecule has 0 aromatic rings. The van der Waals surface area contributed by atoms with Crippen LogP contribution >= 0.6 is 0 Å². The van der Waals surface area contributed by atoms with Gasteiger partial charge in [0.25, 0.3) is 0 Å². The summed E-state index contributed by atoms with van der Waals surface area (Å²) >= 11 is 0. The molecule has 1 radical (unpaired) electrons. The van der Waals surface area contributed by atoms with Crippen molar-refractivity contribution in [2.75, 3.05) is 14.1 Å². The molecule has 0 heterocycles. The molecule has 0 aliphatic heterocycles. The van der Waals surface area contributed by atoms with Crippen LogP contribution in [0.1, 0.15) is 12.8 Å². The molecule has 0 rings (SSSR count). The Bertz CT molecular complexity index is 76.6. The van der Waals surface area contributed by atoms with Gasteiger partial charge in [-0.15, -0.1) is 6.58 Å². The highest BCUT2D eigenvalue weighted by Gasteiger charge is 2.04. The molecular weight excluding hydrogens is 110 g/mol. The van der Waals surface area contributed by atoms with Gasteiger partial charge >= 0.3 is 0 Å². The lowest BCUT2D eigenvalue weighted by Gasteiger charge is -2.20. The number of rotatable bonds is 4. The maximum Gasteiger partial charge on any atom is 0.0124 e. The molecule has 0 bridgehead atoms. The first-order chi connectivity index (χ1) is 4.22. The van der Waals surface area contributed by atoms with E-state index in [-0.39, 0.29) is 0 Å². The Balaban J connectivity index is 3.53. The summed E-state index contributed by atoms with van der Waals surface area (Å²) in [5, 5.41) is 0. The zero-order valence-electron chi connectivity index (χ0n) is 6.43. The number of hydrogen-bond acceptors (Lipinski definition) is 1. The van der Waals surface area contributed by atoms with Crippen LogP contribution in [0.5, 0.6) is 0 Å². The van der Waals surface area contributed by atoms with E-state index in [1.165, 1.54) is 0 Å². The van der Waals surface area contributed by atoms with E-state index in [2.05, 4.69) is 32.5 Å². The standard InChI is InChI=1S/C8H16N/c1-5-7-8(6-2)9(3)4/h5,8H,1-2,6-7H2,3-4H3. The van der Waals surface area contributed by atoms with Crippen molar-refractivity contribution in [3.8, 4) is 0 Å². The maximum atomic E-state index is 3.84. The predicted molar refractivity (Wildman–Crippen MR) is 42.3 cm³/mol. The fourth-order valence-electron chi connectivity index (χ4n) is 0.779. The Morgan fingerprint density at radius 2 is 2.11 bits per heavy atom. The van der Waals surface area contributed by atoms with Gasteiger partial charge in [-0.1, -0.05) is 13.0 Å². The first kappa shape index (κ1) is 8.70. The largest absolute Gasteiger partial charge is 0.306 e. The first-order valence-electron chi connectivity index (χ1n) is 3.29. The maximum absolute atomic E-state index is 3.84. The first-order valence-corrected chi connectivity index (χ1v) is 3.29. The molecule has 1 atom stereocenters. The summed E-state index contributed by atoms with van der Waals surface area (Å²) in [7, 11) is 4.14. The highest BCUT2D eigenvalue weighted by Crippen LogP contribution is 2.03. The molecule has 0 amide bonds. The lowest BCUT2D eigenvalue weighted by molar-refractivity contribution is 0.296. The average Bonchev–Trinajstić information content (AvgIpc) is 1.82. The van der Waals surface area contributed by atoms with Gasteiger partial charge in [-0.05, 0) is 26.9 Å². The van der Waals surface area contributed by atoms with Crippen LogP contribution in [0.25, 0.3) is 0 Å². The zero-order valence-corrected chi connectivity index (χ0v) is 6.43. The van der Waals surface area contributed by atoms with Gasteiger partial charge in [0.15, 0.2) is 0 Å². The van der Waals surface area contributed by atoms with Crippen molar-refractivity contribution in [2.24, 2.45) is 0 Å². The molecule has 0 aliphatic rings. The minimum atomic E-state index is 0.572. The summed E-state index contributed by atoms with van der Waals surface area (Å²) in [6.07, 6.45) is 3.94. The molecule has 0 aromatic carbocycles. The fourth-order valence-corrected chi connectivity index (χ4v) is 0.779. The molecule has 1 unspecified atom stereocenters. The van der Waals surface area contributed by atoms with E-state index in [9.17, 15) is 0 Å². The van der Waals surface area contributed by atoms with Crippen molar-refractivity contribution in [2.45, 2.75) is 18.9 Å². The van der Waals surface area contributed by atoms with Crippen LogP contribution in [0.3, 0.4) is 0 Å². The monoisotopic (exact) mass is 126 g/mol. The van der Waals surface area contributed by atoms with E-state index in [0.29, 0.717) is 6.04 Å². The minimum Gasteiger partial charge on any atom is -0.306 e. The molecule has 0 aromatic heterocycles. The highest BCUT2D eigenvalue weighted by molar-refractivity contribution is 4.78. The molecule has 0 saturated carbocycles. The lowest BCUT2D eigenvalue weighted by Crippen LogP contribution is -2.26. The smallest absolute Gasteiger partial charge is 0.0124 e. The summed E-state index contributed by atoms with van der Waals surface area (Å²) in [4.78, 5) is 2.18. The van der Waals surface area contributed by atoms with Crippen LogP contribution in [-0.2, 0) is 0 Å². The van der Waals surface area contributed by atoms with Crippen molar-refractivity contribution in [3.05, 3.63) is 19.6 Å². The SMILES string of the molecule is [CH2]CC(CC=C)N(C)C. The van der Waals surface area contributed by atoms with Gasteiger partial charge in [0.05, 0.1) is 0 Å². The molecule has 0 fully saturated rings. The Morgan fingerprint density at radius 3 is 2.22 bits per heavy atom. The van der Waals surface area contributed by atoms with Crippen molar-refractivity contribution >= 4 is 0 Å². The van der Waals surface area contributed by atoms with Gasteiger partial charge in [-0.25, -0.2) is 0 Å². The lowest BCUT2D eigenvalue weighted by atomic mass is 10.1. The van der Waals surface area contributed by atoms with E-state index in [0.717, 1.165) is 12.8 Å². The number of hydrogen-bond donors (Lipinski definition) is 0. The van der Waals surface area contributed by atoms with E-state index < -0.39 is 0 Å². The third-order valence-electron chi connectivity index (χ3n) is 1.50. The summed E-state index contributed by atoms with van der Waals surface area (Å²) in [5.41, 5.74) is 0. The Hall–Kier alpha value is -0.300. The van der Waals surface area contributed by atoms with E-state index in [1.807, 2.05) is 6.08 Å². The van der Waals surface area contributed by atoms with Gasteiger partial charge in [-0.2, -0.15) is 0 Å². The van der Waals surface area contributed by atoms with Crippen molar-refractivity contribution < 1.29 is 0 Å². The summed E-state index contributed by atoms with van der Waals surface area (Å²) in [6.45, 7) is 7.51. The molecule has 0 aliphatic carbocycles. The normalized spacial score (nSPS) is 13.8. The third-order valence-corrected chi connectivity index (χ3v) is 1.50. The van der Waals surface area contributed by atoms with Crippen molar-refractivity contribution in [3.63, 3.8) is 0 Å². The summed E-state index contributed by atoms with van der Waals surface area (Å²) in [6, 6.07) is 0.572. The van der Waals surface area contributed by atoms with E-state index in [1.54, 1.807) is 0 Å². The molecule has 53 valence electrons. The molecule has 9 heavy (non-hydrogen) atoms. The fraction of sp³-hybridized carbons (Fsp3) is 0.625. The van der Waals surface area contributed by atoms with Crippen molar-refractivity contribution in [1.82, 2.24) is 4.90 Å². The van der Waals surface area contributed by atoms with Gasteiger partial charge in [0, 0.05) is 6.04 Å². The Morgan fingerprint density at radius 1 is 1.56 bits per heavy atom. The molecule has 1 nitrogen and oxygen atoms in total. The average molecular weight is 126 g/mol. The van der Waals surface area contributed by atoms with Crippen LogP contribution in [-0.4, -0.2) is 25.0 Å². The van der Waals surface area contributed by atoms with Crippen LogP contribution < -0.4 is 0 Å². The second-order valence-electron chi connectivity index (χ2n) is 2.43. The Kier molecular flexibility index (Phi) is 4.41. The van der Waals surface area contributed by atoms with Gasteiger partial charge in [0.2, 0.25) is 0 Å². The second-order valence-corrected chi connectivity index (χ2v) is 2.43.